The van der Waals surface area contributed by atoms with Gasteiger partial charge in [0, 0.05) is 32.2 Å². The van der Waals surface area contributed by atoms with E-state index in [9.17, 15) is 18.0 Å². The highest BCUT2D eigenvalue weighted by atomic mass is 19.4. The van der Waals surface area contributed by atoms with E-state index < -0.39 is 12.0 Å². The molecule has 1 saturated heterocycles. The molecule has 0 radical (unpaired) electrons. The van der Waals surface area contributed by atoms with E-state index in [2.05, 4.69) is 20.6 Å². The molecule has 0 aromatic carbocycles. The van der Waals surface area contributed by atoms with Crippen molar-refractivity contribution in [3.8, 4) is 0 Å². The molecule has 2 aromatic rings. The summed E-state index contributed by atoms with van der Waals surface area (Å²) in [6.45, 7) is 3.36. The van der Waals surface area contributed by atoms with Crippen molar-refractivity contribution in [3.05, 3.63) is 18.0 Å². The van der Waals surface area contributed by atoms with Crippen molar-refractivity contribution in [2.24, 2.45) is 5.92 Å². The van der Waals surface area contributed by atoms with Gasteiger partial charge in [-0.25, -0.2) is 0 Å². The maximum atomic E-state index is 13.0. The van der Waals surface area contributed by atoms with Crippen LogP contribution in [-0.2, 0) is 15.7 Å². The number of ether oxygens (including phenoxy) is 1. The average Bonchev–Trinajstić information content (AvgIpc) is 3.05. The monoisotopic (exact) mass is 386 g/mol. The second kappa shape index (κ2) is 7.67. The molecule has 3 rings (SSSR count). The highest BCUT2D eigenvalue weighted by molar-refractivity contribution is 5.79. The van der Waals surface area contributed by atoms with Crippen molar-refractivity contribution >= 4 is 17.4 Å². The molecule has 1 atom stereocenters. The third-order valence-corrected chi connectivity index (χ3v) is 4.50. The van der Waals surface area contributed by atoms with Crippen molar-refractivity contribution in [1.82, 2.24) is 25.1 Å². The van der Waals surface area contributed by atoms with Gasteiger partial charge < -0.3 is 15.0 Å². The van der Waals surface area contributed by atoms with Crippen LogP contribution in [0, 0.1) is 5.92 Å². The predicted molar refractivity (Wildman–Crippen MR) is 90.2 cm³/mol. The van der Waals surface area contributed by atoms with Gasteiger partial charge in [0.1, 0.15) is 5.82 Å². The summed E-state index contributed by atoms with van der Waals surface area (Å²) >= 11 is 0. The molecular formula is C16H21F3N6O2. The predicted octanol–water partition coefficient (Wildman–Crippen LogP) is 1.51. The van der Waals surface area contributed by atoms with E-state index in [1.54, 1.807) is 13.2 Å². The minimum atomic E-state index is -4.63. The highest BCUT2D eigenvalue weighted by Crippen LogP contribution is 2.28. The zero-order valence-electron chi connectivity index (χ0n) is 15.0. The van der Waals surface area contributed by atoms with Gasteiger partial charge in [-0.05, 0) is 31.9 Å². The van der Waals surface area contributed by atoms with E-state index in [0.29, 0.717) is 42.9 Å². The lowest BCUT2D eigenvalue weighted by Gasteiger charge is -2.32. The lowest BCUT2D eigenvalue weighted by molar-refractivity contribution is -0.146. The molecule has 8 nitrogen and oxygen atoms in total. The summed E-state index contributed by atoms with van der Waals surface area (Å²) in [5, 5.41) is 13.6. The molecule has 1 fully saturated rings. The van der Waals surface area contributed by atoms with Crippen LogP contribution in [-0.4, -0.2) is 58.6 Å². The SMILES string of the molecule is COC[C@H](C)NC(=O)C1CCN(c2ccc3nnc(C(F)(F)F)n3n2)CC1. The van der Waals surface area contributed by atoms with Crippen molar-refractivity contribution in [2.75, 3.05) is 31.7 Å². The standard InChI is InChI=1S/C16H21F3N6O2/c1-10(9-27-2)20-14(26)11-5-7-24(8-6-11)13-4-3-12-21-22-15(16(17,18)19)25(12)23-13/h3-4,10-11H,5-9H2,1-2H3,(H,20,26)/t10-/m0/s1. The maximum absolute atomic E-state index is 13.0. The number of alkyl halides is 3. The number of piperidine rings is 1. The van der Waals surface area contributed by atoms with E-state index in [0.717, 1.165) is 0 Å². The quantitative estimate of drug-likeness (QED) is 0.839. The Kier molecular flexibility index (Phi) is 5.49. The van der Waals surface area contributed by atoms with Crippen LogP contribution in [0.5, 0.6) is 0 Å². The summed E-state index contributed by atoms with van der Waals surface area (Å²) in [6, 6.07) is 3.00. The van der Waals surface area contributed by atoms with Crippen molar-refractivity contribution in [1.29, 1.82) is 0 Å². The Bertz CT molecular complexity index is 801. The molecule has 0 bridgehead atoms. The molecule has 27 heavy (non-hydrogen) atoms. The summed E-state index contributed by atoms with van der Waals surface area (Å²) in [5.41, 5.74) is 0.0347. The van der Waals surface area contributed by atoms with E-state index in [4.69, 9.17) is 4.74 Å². The number of aromatic nitrogens is 4. The number of fused-ring (bicyclic) bond motifs is 1. The first-order valence-corrected chi connectivity index (χ1v) is 8.63. The van der Waals surface area contributed by atoms with E-state index in [1.807, 2.05) is 11.8 Å². The smallest absolute Gasteiger partial charge is 0.383 e. The molecule has 0 unspecified atom stereocenters. The van der Waals surface area contributed by atoms with Crippen LogP contribution in [0.1, 0.15) is 25.6 Å². The first-order chi connectivity index (χ1) is 12.8. The lowest BCUT2D eigenvalue weighted by Crippen LogP contribution is -2.44. The van der Waals surface area contributed by atoms with Crippen LogP contribution in [0.4, 0.5) is 19.0 Å². The van der Waals surface area contributed by atoms with Gasteiger partial charge in [-0.15, -0.1) is 15.3 Å². The number of amides is 1. The summed E-state index contributed by atoms with van der Waals surface area (Å²) in [6.07, 6.45) is -3.44. The van der Waals surface area contributed by atoms with Crippen LogP contribution in [0.25, 0.3) is 5.65 Å². The summed E-state index contributed by atoms with van der Waals surface area (Å²) in [4.78, 5) is 14.1. The van der Waals surface area contributed by atoms with Crippen LogP contribution < -0.4 is 10.2 Å². The number of hydrogen-bond acceptors (Lipinski definition) is 6. The molecule has 11 heteroatoms. The first-order valence-electron chi connectivity index (χ1n) is 8.63. The zero-order valence-corrected chi connectivity index (χ0v) is 15.0. The molecule has 0 saturated carbocycles. The molecule has 1 aliphatic rings. The van der Waals surface area contributed by atoms with Gasteiger partial charge in [0.2, 0.25) is 5.91 Å². The van der Waals surface area contributed by atoms with Crippen LogP contribution in [0.15, 0.2) is 12.1 Å². The third-order valence-electron chi connectivity index (χ3n) is 4.50. The summed E-state index contributed by atoms with van der Waals surface area (Å²) in [5.74, 6) is -0.911. The Morgan fingerprint density at radius 1 is 1.33 bits per heavy atom. The normalized spacial score (nSPS) is 17.3. The van der Waals surface area contributed by atoms with Gasteiger partial charge >= 0.3 is 6.18 Å². The van der Waals surface area contributed by atoms with E-state index in [1.165, 1.54) is 6.07 Å². The summed E-state index contributed by atoms with van der Waals surface area (Å²) < 4.78 is 44.7. The Labute approximate surface area is 153 Å². The summed E-state index contributed by atoms with van der Waals surface area (Å²) in [7, 11) is 1.57. The highest BCUT2D eigenvalue weighted by Gasteiger charge is 2.38. The molecular weight excluding hydrogens is 365 g/mol. The van der Waals surface area contributed by atoms with Crippen molar-refractivity contribution in [2.45, 2.75) is 32.0 Å². The van der Waals surface area contributed by atoms with Gasteiger partial charge in [-0.3, -0.25) is 4.79 Å². The number of halogens is 3. The Balaban J connectivity index is 1.66. The number of nitrogens with one attached hydrogen (secondary N) is 1. The fraction of sp³-hybridized carbons (Fsp3) is 0.625. The lowest BCUT2D eigenvalue weighted by atomic mass is 9.95. The number of nitrogens with zero attached hydrogens (tertiary/aromatic N) is 5. The fourth-order valence-corrected chi connectivity index (χ4v) is 3.15. The van der Waals surface area contributed by atoms with Gasteiger partial charge in [0.15, 0.2) is 5.65 Å². The number of hydrogen-bond donors (Lipinski definition) is 1. The minimum absolute atomic E-state index is 0.0271. The van der Waals surface area contributed by atoms with E-state index >= 15 is 0 Å². The number of rotatable bonds is 5. The zero-order chi connectivity index (χ0) is 19.6. The van der Waals surface area contributed by atoms with Crippen LogP contribution >= 0.6 is 0 Å². The number of methoxy groups -OCH3 is 1. The molecule has 0 spiro atoms. The maximum Gasteiger partial charge on any atom is 0.453 e. The third kappa shape index (κ3) is 4.29. The fourth-order valence-electron chi connectivity index (χ4n) is 3.15. The van der Waals surface area contributed by atoms with Crippen molar-refractivity contribution in [3.63, 3.8) is 0 Å². The Hall–Kier alpha value is -2.43. The van der Waals surface area contributed by atoms with Crippen molar-refractivity contribution < 1.29 is 22.7 Å². The first kappa shape index (κ1) is 19.3. The van der Waals surface area contributed by atoms with E-state index in [-0.39, 0.29) is 23.5 Å². The molecule has 0 aliphatic carbocycles. The van der Waals surface area contributed by atoms with Gasteiger partial charge in [-0.2, -0.15) is 17.7 Å². The topological polar surface area (TPSA) is 84.6 Å². The molecule has 2 aromatic heterocycles. The number of carbonyl (C=O) groups excluding carboxylic acids is 1. The average molecular weight is 386 g/mol. The molecule has 3 heterocycles. The minimum Gasteiger partial charge on any atom is -0.383 e. The molecule has 1 aliphatic heterocycles. The second-order valence-electron chi connectivity index (χ2n) is 6.61. The Morgan fingerprint density at radius 2 is 2.04 bits per heavy atom. The second-order valence-corrected chi connectivity index (χ2v) is 6.61. The number of carbonyl (C=O) groups is 1. The van der Waals surface area contributed by atoms with Crippen LogP contribution in [0.2, 0.25) is 0 Å². The molecule has 1 amide bonds. The molecule has 148 valence electrons. The van der Waals surface area contributed by atoms with Gasteiger partial charge in [-0.1, -0.05) is 0 Å². The van der Waals surface area contributed by atoms with Gasteiger partial charge in [0.05, 0.1) is 6.61 Å². The Morgan fingerprint density at radius 3 is 2.67 bits per heavy atom. The largest absolute Gasteiger partial charge is 0.453 e. The van der Waals surface area contributed by atoms with Crippen LogP contribution in [0.3, 0.4) is 0 Å². The number of anilines is 1. The molecule has 1 N–H and O–H groups in total. The van der Waals surface area contributed by atoms with Gasteiger partial charge in [0.25, 0.3) is 5.82 Å².